The summed E-state index contributed by atoms with van der Waals surface area (Å²) in [5.41, 5.74) is 14.3. The average Bonchev–Trinajstić information content (AvgIpc) is 3.71. The van der Waals surface area contributed by atoms with Gasteiger partial charge in [-0.2, -0.15) is 0 Å². The third-order valence-corrected chi connectivity index (χ3v) is 13.4. The lowest BCUT2D eigenvalue weighted by atomic mass is 9.73. The molecule has 0 unspecified atom stereocenters. The van der Waals surface area contributed by atoms with Crippen molar-refractivity contribution < 1.29 is 0 Å². The molecule has 0 saturated heterocycles. The molecule has 9 aromatic rings. The highest BCUT2D eigenvalue weighted by atomic mass is 14.7. The molecule has 11 rings (SSSR count). The van der Waals surface area contributed by atoms with Crippen LogP contribution in [0.3, 0.4) is 0 Å². The van der Waals surface area contributed by atoms with Crippen LogP contribution in [-0.2, 0) is 10.8 Å². The van der Waals surface area contributed by atoms with E-state index in [1.165, 1.54) is 65.7 Å². The van der Waals surface area contributed by atoms with Crippen LogP contribution in [0.4, 0.5) is 0 Å². The van der Waals surface area contributed by atoms with Gasteiger partial charge in [0.15, 0.2) is 0 Å². The van der Waals surface area contributed by atoms with E-state index < -0.39 is 10.8 Å². The summed E-state index contributed by atoms with van der Waals surface area (Å²) in [6.45, 7) is 0. The van der Waals surface area contributed by atoms with Crippen LogP contribution in [0.25, 0.3) is 88.2 Å². The maximum atomic E-state index is 6.13. The molecule has 1 heterocycles. The van der Waals surface area contributed by atoms with Crippen molar-refractivity contribution in [1.29, 1.82) is 0 Å². The molecule has 0 radical (unpaired) electrons. The number of fused-ring (bicyclic) bond motifs is 6. The molecule has 0 bridgehead atoms. The van der Waals surface area contributed by atoms with Crippen LogP contribution in [0.2, 0.25) is 0 Å². The highest BCUT2D eigenvalue weighted by Crippen LogP contribution is 2.55. The normalized spacial score (nSPS) is 13.8. The molecule has 278 valence electrons. The number of terminal acetylenes is 4. The Morgan fingerprint density at radius 3 is 1.32 bits per heavy atom. The van der Waals surface area contributed by atoms with Crippen molar-refractivity contribution in [1.82, 2.24) is 4.98 Å². The molecule has 2 aliphatic rings. The van der Waals surface area contributed by atoms with Crippen molar-refractivity contribution in [2.24, 2.45) is 0 Å². The Hall–Kier alpha value is -7.81. The summed E-state index contributed by atoms with van der Waals surface area (Å²) in [7, 11) is 0. The molecule has 0 spiro atoms. The zero-order valence-corrected chi connectivity index (χ0v) is 33.0. The van der Waals surface area contributed by atoms with Gasteiger partial charge in [-0.3, -0.25) is 0 Å². The Balaban J connectivity index is 1.17. The second-order valence-corrected chi connectivity index (χ2v) is 16.4. The van der Waals surface area contributed by atoms with E-state index in [2.05, 4.69) is 175 Å². The van der Waals surface area contributed by atoms with Crippen LogP contribution in [0, 0.1) is 49.4 Å². The van der Waals surface area contributed by atoms with Crippen LogP contribution in [0.1, 0.15) is 47.9 Å². The molecule has 1 nitrogen and oxygen atoms in total. The lowest BCUT2D eigenvalue weighted by molar-refractivity contribution is 0.560. The molecule has 60 heavy (non-hydrogen) atoms. The first-order valence-corrected chi connectivity index (χ1v) is 20.4. The van der Waals surface area contributed by atoms with Gasteiger partial charge in [-0.1, -0.05) is 127 Å². The van der Waals surface area contributed by atoms with Gasteiger partial charge in [0.2, 0.25) is 0 Å². The van der Waals surface area contributed by atoms with Crippen molar-refractivity contribution >= 4 is 32.3 Å². The second-order valence-electron chi connectivity index (χ2n) is 16.4. The maximum Gasteiger partial charge on any atom is 0.0715 e. The van der Waals surface area contributed by atoms with Gasteiger partial charge in [-0.25, -0.2) is 4.98 Å². The van der Waals surface area contributed by atoms with Crippen LogP contribution in [0.5, 0.6) is 0 Å². The average molecular weight is 760 g/mol. The van der Waals surface area contributed by atoms with Crippen molar-refractivity contribution in [3.8, 4) is 105 Å². The summed E-state index contributed by atoms with van der Waals surface area (Å²) >= 11 is 0. The number of rotatable bonds is 7. The summed E-state index contributed by atoms with van der Waals surface area (Å²) in [6, 6.07) is 55.0. The minimum Gasteiger partial charge on any atom is -0.248 e. The Labute approximate surface area is 351 Å². The number of hydrogen-bond acceptors (Lipinski definition) is 1. The molecule has 0 atom stereocenters. The molecule has 8 aromatic carbocycles. The SMILES string of the molecule is C#CCC1(CC#C)c2ccccc2-c2ccc(-c3cc(-c4ccc5ccc6cccc7ccc4c5c67)cc(-c4ccc5c(c4)C(CC#C)(CC#C)c4ccccc4-5)n3)cc21. The standard InChI is InChI=1S/C59H37N/c1-5-30-58(31-6-2)50-18-11-9-16-45(50)47-27-24-41(34-52(47)58)54-36-43(44-26-22-40-21-20-38-14-13-15-39-23-29-49(44)57(40)56(38)39)37-55(60-54)42-25-28-48-46-17-10-12-19-51(46)59(32-7-3,33-8-4)53(48)35-42/h1-4,9-29,34-37H,30-33H2. The minimum atomic E-state index is -0.496. The Kier molecular flexibility index (Phi) is 7.88. The topological polar surface area (TPSA) is 12.9 Å². The van der Waals surface area contributed by atoms with Crippen LogP contribution < -0.4 is 0 Å². The van der Waals surface area contributed by atoms with E-state index in [0.717, 1.165) is 44.8 Å². The Bertz CT molecular complexity index is 3240. The van der Waals surface area contributed by atoms with Gasteiger partial charge in [0.25, 0.3) is 0 Å². The van der Waals surface area contributed by atoms with Crippen LogP contribution >= 0.6 is 0 Å². The van der Waals surface area contributed by atoms with E-state index >= 15 is 0 Å². The van der Waals surface area contributed by atoms with E-state index in [-0.39, 0.29) is 0 Å². The lowest BCUT2D eigenvalue weighted by Gasteiger charge is -2.28. The summed E-state index contributed by atoms with van der Waals surface area (Å²) in [6.07, 6.45) is 26.5. The molecule has 1 heteroatoms. The maximum absolute atomic E-state index is 6.13. The smallest absolute Gasteiger partial charge is 0.0715 e. The van der Waals surface area contributed by atoms with Crippen LogP contribution in [-0.4, -0.2) is 4.98 Å². The number of aromatic nitrogens is 1. The van der Waals surface area contributed by atoms with Gasteiger partial charge in [0.05, 0.1) is 11.4 Å². The number of hydrogen-bond donors (Lipinski definition) is 0. The summed E-state index contributed by atoms with van der Waals surface area (Å²) in [5.74, 6) is 12.0. The molecule has 1 aromatic heterocycles. The first-order valence-electron chi connectivity index (χ1n) is 20.4. The largest absolute Gasteiger partial charge is 0.248 e. The molecular formula is C59H37N. The molecule has 0 amide bonds. The molecule has 2 aliphatic carbocycles. The van der Waals surface area contributed by atoms with Gasteiger partial charge in [0.1, 0.15) is 0 Å². The fraction of sp³-hybridized carbons (Fsp3) is 0.102. The van der Waals surface area contributed by atoms with E-state index in [1.54, 1.807) is 0 Å². The van der Waals surface area contributed by atoms with Crippen LogP contribution in [0.15, 0.2) is 152 Å². The molecule has 0 N–H and O–H groups in total. The number of nitrogens with zero attached hydrogens (tertiary/aromatic N) is 1. The van der Waals surface area contributed by atoms with Crippen molar-refractivity contribution in [2.75, 3.05) is 0 Å². The first kappa shape index (κ1) is 35.4. The fourth-order valence-corrected chi connectivity index (χ4v) is 10.8. The fourth-order valence-electron chi connectivity index (χ4n) is 10.8. The predicted octanol–water partition coefficient (Wildman–Crippen LogP) is 13.6. The lowest BCUT2D eigenvalue weighted by Crippen LogP contribution is -2.24. The van der Waals surface area contributed by atoms with Crippen molar-refractivity contribution in [3.63, 3.8) is 0 Å². The predicted molar refractivity (Wildman–Crippen MR) is 250 cm³/mol. The highest BCUT2D eigenvalue weighted by Gasteiger charge is 2.43. The van der Waals surface area contributed by atoms with Gasteiger partial charge < -0.3 is 0 Å². The zero-order valence-electron chi connectivity index (χ0n) is 33.0. The van der Waals surface area contributed by atoms with Crippen molar-refractivity contribution in [2.45, 2.75) is 36.5 Å². The third-order valence-electron chi connectivity index (χ3n) is 13.4. The van der Waals surface area contributed by atoms with E-state index in [9.17, 15) is 0 Å². The number of pyridine rings is 1. The first-order chi connectivity index (χ1) is 29.5. The second kappa shape index (κ2) is 13.4. The molecule has 0 saturated carbocycles. The van der Waals surface area contributed by atoms with Gasteiger partial charge >= 0.3 is 0 Å². The third kappa shape index (κ3) is 4.91. The monoisotopic (exact) mass is 759 g/mol. The van der Waals surface area contributed by atoms with E-state index in [1.807, 2.05) is 0 Å². The van der Waals surface area contributed by atoms with E-state index in [4.69, 9.17) is 30.7 Å². The van der Waals surface area contributed by atoms with Crippen molar-refractivity contribution in [3.05, 3.63) is 174 Å². The molecule has 0 aliphatic heterocycles. The molecular weight excluding hydrogens is 723 g/mol. The van der Waals surface area contributed by atoms with E-state index in [0.29, 0.717) is 25.7 Å². The quantitative estimate of drug-likeness (QED) is 0.116. The molecule has 0 fully saturated rings. The van der Waals surface area contributed by atoms with Gasteiger partial charge in [-0.05, 0) is 112 Å². The minimum absolute atomic E-state index is 0.496. The highest BCUT2D eigenvalue weighted by molar-refractivity contribution is 6.25. The zero-order chi connectivity index (χ0) is 40.6. The summed E-state index contributed by atoms with van der Waals surface area (Å²) in [4.78, 5) is 5.53. The summed E-state index contributed by atoms with van der Waals surface area (Å²) < 4.78 is 0. The summed E-state index contributed by atoms with van der Waals surface area (Å²) in [5, 5.41) is 7.47. The Morgan fingerprint density at radius 1 is 0.367 bits per heavy atom. The number of benzene rings is 8. The van der Waals surface area contributed by atoms with Gasteiger partial charge in [0, 0.05) is 47.6 Å². The Morgan fingerprint density at radius 2 is 0.800 bits per heavy atom. The van der Waals surface area contributed by atoms with Gasteiger partial charge in [-0.15, -0.1) is 49.4 Å².